The van der Waals surface area contributed by atoms with Gasteiger partial charge in [-0.2, -0.15) is 13.2 Å². The van der Waals surface area contributed by atoms with Crippen molar-refractivity contribution in [2.75, 3.05) is 0 Å². The molecule has 0 bridgehead atoms. The molecule has 0 radical (unpaired) electrons. The lowest BCUT2D eigenvalue weighted by Gasteiger charge is -2.14. The first kappa shape index (κ1) is 17.0. The Balaban J connectivity index is 2.78. The van der Waals surface area contributed by atoms with Crippen LogP contribution in [0.1, 0.15) is 21.7 Å². The van der Waals surface area contributed by atoms with E-state index in [0.717, 1.165) is 6.07 Å². The molecule has 1 aromatic carbocycles. The molecule has 0 aliphatic heterocycles. The van der Waals surface area contributed by atoms with Gasteiger partial charge in [-0.1, -0.05) is 17.7 Å². The van der Waals surface area contributed by atoms with Crippen molar-refractivity contribution in [1.82, 2.24) is 4.98 Å². The average Bonchev–Trinajstić information content (AvgIpc) is 2.39. The molecule has 0 saturated carbocycles. The maximum Gasteiger partial charge on any atom is 0.433 e. The van der Waals surface area contributed by atoms with Crippen LogP contribution in [0.3, 0.4) is 0 Å². The number of alkyl halides is 3. The number of rotatable bonds is 2. The number of pyridine rings is 1. The Morgan fingerprint density at radius 3 is 2.45 bits per heavy atom. The van der Waals surface area contributed by atoms with E-state index in [1.807, 2.05) is 22.6 Å². The predicted octanol–water partition coefficient (Wildman–Crippen LogP) is 4.43. The fourth-order valence-electron chi connectivity index (χ4n) is 2.02. The first-order chi connectivity index (χ1) is 10.1. The van der Waals surface area contributed by atoms with Gasteiger partial charge in [0.05, 0.1) is 16.3 Å². The Hall–Kier alpha value is -1.35. The molecule has 0 aliphatic carbocycles. The van der Waals surface area contributed by atoms with E-state index in [1.165, 1.54) is 13.0 Å². The molecule has 3 nitrogen and oxygen atoms in total. The van der Waals surface area contributed by atoms with E-state index in [2.05, 4.69) is 4.98 Å². The highest BCUT2D eigenvalue weighted by Gasteiger charge is 2.34. The highest BCUT2D eigenvalue weighted by molar-refractivity contribution is 14.1. The monoisotopic (exact) mass is 440 g/mol. The number of carbonyl (C=O) groups excluding carboxylic acids is 1. The lowest BCUT2D eigenvalue weighted by molar-refractivity contribution is -0.141. The second-order valence-corrected chi connectivity index (χ2v) is 6.08. The minimum atomic E-state index is -4.62. The molecule has 2 rings (SSSR count). The summed E-state index contributed by atoms with van der Waals surface area (Å²) in [6, 6.07) is 5.50. The Bertz CT molecular complexity index is 762. The third-order valence-electron chi connectivity index (χ3n) is 2.97. The zero-order valence-corrected chi connectivity index (χ0v) is 14.0. The van der Waals surface area contributed by atoms with Crippen molar-refractivity contribution in [2.45, 2.75) is 13.1 Å². The predicted molar refractivity (Wildman–Crippen MR) is 85.7 cm³/mol. The molecule has 116 valence electrons. The zero-order chi connectivity index (χ0) is 16.7. The Kier molecular flexibility index (Phi) is 4.67. The molecule has 0 fully saturated rings. The van der Waals surface area contributed by atoms with Crippen molar-refractivity contribution in [3.8, 4) is 11.1 Å². The summed E-state index contributed by atoms with van der Waals surface area (Å²) in [6.07, 6.45) is -4.62. The van der Waals surface area contributed by atoms with Gasteiger partial charge in [0.15, 0.2) is 0 Å². The van der Waals surface area contributed by atoms with E-state index >= 15 is 0 Å². The molecule has 1 amide bonds. The highest BCUT2D eigenvalue weighted by Crippen LogP contribution is 2.35. The van der Waals surface area contributed by atoms with E-state index in [4.69, 9.17) is 17.3 Å². The standard InChI is InChI=1S/C14H9ClF3IN2O/c1-6-12(13(20)22)8(5-11(21-6)14(16,17)18)7-2-3-9(15)10(19)4-7/h2-5H,1H3,(H2,20,22). The largest absolute Gasteiger partial charge is 0.433 e. The molecule has 0 spiro atoms. The molecule has 8 heteroatoms. The van der Waals surface area contributed by atoms with Gasteiger partial charge in [0.25, 0.3) is 5.91 Å². The minimum absolute atomic E-state index is 0.0360. The molecule has 0 saturated heterocycles. The second kappa shape index (κ2) is 6.04. The summed E-state index contributed by atoms with van der Waals surface area (Å²) >= 11 is 7.87. The van der Waals surface area contributed by atoms with Crippen molar-refractivity contribution in [2.24, 2.45) is 5.73 Å². The van der Waals surface area contributed by atoms with Crippen LogP contribution in [0.4, 0.5) is 13.2 Å². The number of nitrogens with zero attached hydrogens (tertiary/aromatic N) is 1. The summed E-state index contributed by atoms with van der Waals surface area (Å²) in [7, 11) is 0. The number of hydrogen-bond acceptors (Lipinski definition) is 2. The molecule has 0 unspecified atom stereocenters. The van der Waals surface area contributed by atoms with Crippen LogP contribution in [0.2, 0.25) is 5.02 Å². The number of aryl methyl sites for hydroxylation is 1. The number of aromatic nitrogens is 1. The van der Waals surface area contributed by atoms with Crippen LogP contribution < -0.4 is 5.73 Å². The second-order valence-electron chi connectivity index (χ2n) is 4.51. The molecular formula is C14H9ClF3IN2O. The maximum atomic E-state index is 12.9. The van der Waals surface area contributed by atoms with Gasteiger partial charge in [-0.05, 0) is 58.8 Å². The molecular weight excluding hydrogens is 432 g/mol. The van der Waals surface area contributed by atoms with Gasteiger partial charge in [0.2, 0.25) is 0 Å². The molecule has 22 heavy (non-hydrogen) atoms. The van der Waals surface area contributed by atoms with Crippen molar-refractivity contribution >= 4 is 40.1 Å². The Morgan fingerprint density at radius 1 is 1.32 bits per heavy atom. The number of carbonyl (C=O) groups is 1. The molecule has 0 atom stereocenters. The van der Waals surface area contributed by atoms with Crippen LogP contribution in [-0.2, 0) is 6.18 Å². The van der Waals surface area contributed by atoms with Crippen molar-refractivity contribution in [1.29, 1.82) is 0 Å². The fourth-order valence-corrected chi connectivity index (χ4v) is 2.65. The number of hydrogen-bond donors (Lipinski definition) is 1. The van der Waals surface area contributed by atoms with Crippen LogP contribution in [0.5, 0.6) is 0 Å². The number of amides is 1. The van der Waals surface area contributed by atoms with Crippen LogP contribution >= 0.6 is 34.2 Å². The molecule has 1 aromatic heterocycles. The average molecular weight is 441 g/mol. The lowest BCUT2D eigenvalue weighted by atomic mass is 9.97. The Morgan fingerprint density at radius 2 is 1.95 bits per heavy atom. The third-order valence-corrected chi connectivity index (χ3v) is 4.51. The summed E-state index contributed by atoms with van der Waals surface area (Å²) in [5.41, 5.74) is 4.61. The number of halogens is 5. The van der Waals surface area contributed by atoms with Crippen molar-refractivity contribution < 1.29 is 18.0 Å². The van der Waals surface area contributed by atoms with Crippen molar-refractivity contribution in [3.05, 3.63) is 49.8 Å². The van der Waals surface area contributed by atoms with Gasteiger partial charge in [-0.3, -0.25) is 4.79 Å². The lowest BCUT2D eigenvalue weighted by Crippen LogP contribution is -2.18. The molecule has 2 aromatic rings. The summed E-state index contributed by atoms with van der Waals surface area (Å²) < 4.78 is 39.5. The first-order valence-electron chi connectivity index (χ1n) is 5.95. The topological polar surface area (TPSA) is 56.0 Å². The summed E-state index contributed by atoms with van der Waals surface area (Å²) in [5, 5.41) is 0.465. The summed E-state index contributed by atoms with van der Waals surface area (Å²) in [6.45, 7) is 1.32. The fraction of sp³-hybridized carbons (Fsp3) is 0.143. The third kappa shape index (κ3) is 3.35. The van der Waals surface area contributed by atoms with Crippen LogP contribution in [0.15, 0.2) is 24.3 Å². The van der Waals surface area contributed by atoms with Gasteiger partial charge in [-0.15, -0.1) is 0 Å². The van der Waals surface area contributed by atoms with Crippen LogP contribution in [-0.4, -0.2) is 10.9 Å². The number of nitrogens with two attached hydrogens (primary N) is 1. The normalized spacial score (nSPS) is 11.5. The quantitative estimate of drug-likeness (QED) is 0.703. The van der Waals surface area contributed by atoms with E-state index in [-0.39, 0.29) is 16.8 Å². The first-order valence-corrected chi connectivity index (χ1v) is 7.41. The van der Waals surface area contributed by atoms with Gasteiger partial charge in [-0.25, -0.2) is 4.98 Å². The smallest absolute Gasteiger partial charge is 0.366 e. The molecule has 0 aliphatic rings. The van der Waals surface area contributed by atoms with E-state index in [9.17, 15) is 18.0 Å². The zero-order valence-electron chi connectivity index (χ0n) is 11.1. The van der Waals surface area contributed by atoms with Gasteiger partial charge in [0, 0.05) is 3.57 Å². The Labute approximate surface area is 142 Å². The van der Waals surface area contributed by atoms with Gasteiger partial charge in [0.1, 0.15) is 5.69 Å². The SMILES string of the molecule is Cc1nc(C(F)(F)F)cc(-c2ccc(Cl)c(I)c2)c1C(N)=O. The van der Waals surface area contributed by atoms with E-state index in [1.54, 1.807) is 12.1 Å². The molecule has 1 heterocycles. The maximum absolute atomic E-state index is 12.9. The van der Waals surface area contributed by atoms with E-state index < -0.39 is 17.8 Å². The highest BCUT2D eigenvalue weighted by atomic mass is 127. The van der Waals surface area contributed by atoms with Crippen LogP contribution in [0.25, 0.3) is 11.1 Å². The van der Waals surface area contributed by atoms with Gasteiger partial charge >= 0.3 is 6.18 Å². The summed E-state index contributed by atoms with van der Waals surface area (Å²) in [4.78, 5) is 15.0. The number of benzene rings is 1. The minimum Gasteiger partial charge on any atom is -0.366 e. The van der Waals surface area contributed by atoms with Crippen LogP contribution in [0, 0.1) is 10.5 Å². The van der Waals surface area contributed by atoms with Crippen molar-refractivity contribution in [3.63, 3.8) is 0 Å². The number of primary amides is 1. The molecule has 2 N–H and O–H groups in total. The van der Waals surface area contributed by atoms with Gasteiger partial charge < -0.3 is 5.73 Å². The van der Waals surface area contributed by atoms with E-state index in [0.29, 0.717) is 14.2 Å². The summed E-state index contributed by atoms with van der Waals surface area (Å²) in [5.74, 6) is -0.835.